The molecule has 1 heteroatoms. The summed E-state index contributed by atoms with van der Waals surface area (Å²) in [6, 6.07) is 0. The molecular weight excluding hydrogens is 252 g/mol. The zero-order valence-electron chi connectivity index (χ0n) is 11.7. The van der Waals surface area contributed by atoms with E-state index in [-0.39, 0.29) is 19.2 Å². The quantitative estimate of drug-likeness (QED) is 0.615. The van der Waals surface area contributed by atoms with E-state index in [4.69, 9.17) is 0 Å². The molecule has 0 aromatic rings. The molecule has 1 atom stereocenters. The van der Waals surface area contributed by atoms with Crippen molar-refractivity contribution >= 4 is 0 Å². The molecule has 0 radical (unpaired) electrons. The molecule has 0 spiro atoms. The first kappa shape index (κ1) is 12.7. The van der Waals surface area contributed by atoms with Crippen LogP contribution >= 0.6 is 0 Å². The van der Waals surface area contributed by atoms with Crippen LogP contribution in [0.4, 0.5) is 0 Å². The van der Waals surface area contributed by atoms with Crippen LogP contribution in [0, 0.1) is 11.3 Å². The van der Waals surface area contributed by atoms with Crippen molar-refractivity contribution in [3.05, 3.63) is 47.6 Å². The second kappa shape index (κ2) is 4.35. The van der Waals surface area contributed by atoms with E-state index in [1.54, 1.807) is 11.1 Å². The van der Waals surface area contributed by atoms with Crippen LogP contribution in [0.15, 0.2) is 47.6 Å². The van der Waals surface area contributed by atoms with Crippen LogP contribution in [-0.2, 0) is 19.2 Å². The molecule has 0 aromatic carbocycles. The second-order valence-corrected chi connectivity index (χ2v) is 9.18. The first-order chi connectivity index (χ1) is 8.55. The molecule has 1 unspecified atom stereocenters. The fourth-order valence-corrected chi connectivity index (χ4v) is 7.92. The SMILES string of the molecule is CC(C)(C)C1[CH2][Ti][C]1(C1=CC=CC1)C1=CC=CC1. The summed E-state index contributed by atoms with van der Waals surface area (Å²) < 4.78 is 2.02. The maximum absolute atomic E-state index is 2.43. The van der Waals surface area contributed by atoms with Crippen molar-refractivity contribution in [3.63, 3.8) is 0 Å². The number of rotatable bonds is 2. The Morgan fingerprint density at radius 1 is 1.06 bits per heavy atom. The molecule has 1 heterocycles. The van der Waals surface area contributed by atoms with Gasteiger partial charge in [0, 0.05) is 0 Å². The summed E-state index contributed by atoms with van der Waals surface area (Å²) in [5.41, 5.74) is 3.89. The summed E-state index contributed by atoms with van der Waals surface area (Å²) in [7, 11) is 0. The van der Waals surface area contributed by atoms with Crippen molar-refractivity contribution in [2.45, 2.75) is 42.1 Å². The van der Waals surface area contributed by atoms with E-state index < -0.39 is 0 Å². The minimum atomic E-state index is 0.144. The summed E-state index contributed by atoms with van der Waals surface area (Å²) in [5, 5.41) is 0. The average molecular weight is 274 g/mol. The number of allylic oxidation sites excluding steroid dienone is 8. The van der Waals surface area contributed by atoms with Crippen molar-refractivity contribution in [1.29, 1.82) is 0 Å². The Kier molecular flexibility index (Phi) is 3.07. The third-order valence-corrected chi connectivity index (χ3v) is 8.08. The van der Waals surface area contributed by atoms with Gasteiger partial charge in [-0.1, -0.05) is 0 Å². The average Bonchev–Trinajstić information content (AvgIpc) is 2.84. The van der Waals surface area contributed by atoms with Gasteiger partial charge in [-0.2, -0.15) is 0 Å². The molecule has 0 aromatic heterocycles. The van der Waals surface area contributed by atoms with Crippen LogP contribution in [0.3, 0.4) is 0 Å². The third-order valence-electron chi connectivity index (χ3n) is 4.71. The van der Waals surface area contributed by atoms with Gasteiger partial charge in [-0.15, -0.1) is 0 Å². The third kappa shape index (κ3) is 1.77. The van der Waals surface area contributed by atoms with Gasteiger partial charge in [-0.05, 0) is 0 Å². The van der Waals surface area contributed by atoms with E-state index in [0.29, 0.717) is 9.13 Å². The summed E-state index contributed by atoms with van der Waals surface area (Å²) in [4.78, 5) is 0. The fraction of sp³-hybridized carbons (Fsp3) is 0.529. The van der Waals surface area contributed by atoms with Crippen LogP contribution in [0.1, 0.15) is 33.6 Å². The first-order valence-electron chi connectivity index (χ1n) is 7.02. The van der Waals surface area contributed by atoms with E-state index >= 15 is 0 Å². The molecule has 3 rings (SSSR count). The van der Waals surface area contributed by atoms with Gasteiger partial charge in [0.05, 0.1) is 0 Å². The van der Waals surface area contributed by atoms with Gasteiger partial charge < -0.3 is 0 Å². The molecule has 2 aliphatic carbocycles. The molecule has 94 valence electrons. The van der Waals surface area contributed by atoms with E-state index in [9.17, 15) is 0 Å². The van der Waals surface area contributed by atoms with Crippen molar-refractivity contribution in [2.24, 2.45) is 11.3 Å². The van der Waals surface area contributed by atoms with Crippen molar-refractivity contribution in [1.82, 2.24) is 0 Å². The zero-order valence-corrected chi connectivity index (χ0v) is 13.2. The molecular formula is C17H22Ti. The van der Waals surface area contributed by atoms with Gasteiger partial charge in [-0.3, -0.25) is 0 Å². The summed E-state index contributed by atoms with van der Waals surface area (Å²) in [6.45, 7) is 7.30. The Balaban J connectivity index is 1.99. The van der Waals surface area contributed by atoms with Crippen molar-refractivity contribution in [3.8, 4) is 0 Å². The molecule has 18 heavy (non-hydrogen) atoms. The monoisotopic (exact) mass is 274 g/mol. The topological polar surface area (TPSA) is 0 Å². The summed E-state index contributed by atoms with van der Waals surface area (Å²) in [6.07, 6.45) is 16.4. The van der Waals surface area contributed by atoms with Gasteiger partial charge in [-0.25, -0.2) is 0 Å². The molecule has 3 aliphatic rings. The molecule has 0 bridgehead atoms. The van der Waals surface area contributed by atoms with Gasteiger partial charge in [0.15, 0.2) is 0 Å². The molecule has 0 amide bonds. The molecule has 1 aliphatic heterocycles. The Bertz CT molecular complexity index is 438. The second-order valence-electron chi connectivity index (χ2n) is 6.76. The predicted molar refractivity (Wildman–Crippen MR) is 74.1 cm³/mol. The van der Waals surface area contributed by atoms with E-state index in [2.05, 4.69) is 57.2 Å². The molecule has 0 N–H and O–H groups in total. The normalized spacial score (nSPS) is 28.7. The minimum absolute atomic E-state index is 0.144. The first-order valence-corrected chi connectivity index (χ1v) is 8.91. The molecule has 1 fully saturated rings. The number of hydrogen-bond donors (Lipinski definition) is 0. The molecule has 0 saturated carbocycles. The van der Waals surface area contributed by atoms with E-state index in [1.807, 2.05) is 0 Å². The van der Waals surface area contributed by atoms with Gasteiger partial charge in [0.2, 0.25) is 0 Å². The van der Waals surface area contributed by atoms with Gasteiger partial charge in [0.25, 0.3) is 0 Å². The molecule has 0 nitrogen and oxygen atoms in total. The van der Waals surface area contributed by atoms with Crippen molar-refractivity contribution in [2.75, 3.05) is 0 Å². The van der Waals surface area contributed by atoms with Gasteiger partial charge in [0.1, 0.15) is 0 Å². The predicted octanol–water partition coefficient (Wildman–Crippen LogP) is 5.09. The zero-order chi connectivity index (χ0) is 12.8. The van der Waals surface area contributed by atoms with E-state index in [0.717, 1.165) is 5.92 Å². The Hall–Kier alpha value is -0.326. The Morgan fingerprint density at radius 2 is 1.61 bits per heavy atom. The standard InChI is InChI=1S/C17H22.Ti/c1-13(17(2,3)4)16(14-9-5-6-10-14)15-11-7-8-12-15;/h5-9,11,13H,1,10,12H2,2-4H3;. The Morgan fingerprint density at radius 3 is 1.89 bits per heavy atom. The van der Waals surface area contributed by atoms with Crippen molar-refractivity contribution < 1.29 is 19.2 Å². The fourth-order valence-electron chi connectivity index (χ4n) is 3.72. The maximum atomic E-state index is 2.43. The van der Waals surface area contributed by atoms with E-state index in [1.165, 1.54) is 17.6 Å². The van der Waals surface area contributed by atoms with Crippen LogP contribution in [0.2, 0.25) is 8.45 Å². The van der Waals surface area contributed by atoms with Crippen LogP contribution in [0.5, 0.6) is 0 Å². The number of hydrogen-bond acceptors (Lipinski definition) is 0. The van der Waals surface area contributed by atoms with Crippen LogP contribution in [-0.4, -0.2) is 0 Å². The summed E-state index contributed by atoms with van der Waals surface area (Å²) >= 11 is 0.144. The summed E-state index contributed by atoms with van der Waals surface area (Å²) in [5.74, 6) is 0.863. The van der Waals surface area contributed by atoms with Gasteiger partial charge >= 0.3 is 120 Å². The van der Waals surface area contributed by atoms with Crippen LogP contribution < -0.4 is 0 Å². The molecule has 1 saturated heterocycles. The van der Waals surface area contributed by atoms with Crippen LogP contribution in [0.25, 0.3) is 0 Å². The Labute approximate surface area is 120 Å².